The Hall–Kier alpha value is -0.380. The Morgan fingerprint density at radius 2 is 2.06 bits per heavy atom. The number of thiophene rings is 1. The van der Waals surface area contributed by atoms with Crippen LogP contribution < -0.4 is 5.32 Å². The van der Waals surface area contributed by atoms with E-state index < -0.39 is 0 Å². The SMILES string of the molecule is CCCNCc1ccc(COC2CCCC2)s1. The van der Waals surface area contributed by atoms with Crippen molar-refractivity contribution >= 4 is 11.3 Å². The van der Waals surface area contributed by atoms with Gasteiger partial charge < -0.3 is 10.1 Å². The molecule has 0 aromatic carbocycles. The van der Waals surface area contributed by atoms with Crippen LogP contribution in [0.3, 0.4) is 0 Å². The lowest BCUT2D eigenvalue weighted by Gasteiger charge is -2.09. The van der Waals surface area contributed by atoms with Crippen molar-refractivity contribution in [1.29, 1.82) is 0 Å². The molecule has 1 fully saturated rings. The molecule has 1 N–H and O–H groups in total. The second-order valence-electron chi connectivity index (χ2n) is 4.76. The summed E-state index contributed by atoms with van der Waals surface area (Å²) in [6.45, 7) is 5.11. The van der Waals surface area contributed by atoms with Gasteiger partial charge in [-0.15, -0.1) is 11.3 Å². The van der Waals surface area contributed by atoms with E-state index in [1.807, 2.05) is 11.3 Å². The lowest BCUT2D eigenvalue weighted by molar-refractivity contribution is 0.0473. The first-order chi connectivity index (χ1) is 8.38. The standard InChI is InChI=1S/C14H23NOS/c1-2-9-15-10-13-7-8-14(17-13)11-16-12-5-3-4-6-12/h7-8,12,15H,2-6,9-11H2,1H3. The maximum Gasteiger partial charge on any atom is 0.0813 e. The molecular weight excluding hydrogens is 230 g/mol. The third-order valence-corrected chi connectivity index (χ3v) is 4.27. The molecular formula is C14H23NOS. The number of hydrogen-bond donors (Lipinski definition) is 1. The Morgan fingerprint density at radius 3 is 2.82 bits per heavy atom. The average Bonchev–Trinajstić information content (AvgIpc) is 2.98. The summed E-state index contributed by atoms with van der Waals surface area (Å²) < 4.78 is 5.92. The predicted octanol–water partition coefficient (Wildman–Crippen LogP) is 3.71. The molecule has 0 aliphatic heterocycles. The average molecular weight is 253 g/mol. The molecule has 17 heavy (non-hydrogen) atoms. The van der Waals surface area contributed by atoms with E-state index in [2.05, 4.69) is 24.4 Å². The van der Waals surface area contributed by atoms with Gasteiger partial charge in [0, 0.05) is 16.3 Å². The molecule has 0 spiro atoms. The number of ether oxygens (including phenoxy) is 1. The highest BCUT2D eigenvalue weighted by Crippen LogP contribution is 2.24. The molecule has 1 aromatic heterocycles. The van der Waals surface area contributed by atoms with Crippen molar-refractivity contribution in [1.82, 2.24) is 5.32 Å². The lowest BCUT2D eigenvalue weighted by Crippen LogP contribution is -2.12. The molecule has 96 valence electrons. The maximum atomic E-state index is 5.92. The first-order valence-corrected chi connectivity index (χ1v) is 7.60. The first-order valence-electron chi connectivity index (χ1n) is 6.78. The van der Waals surface area contributed by atoms with Crippen molar-refractivity contribution < 1.29 is 4.74 Å². The van der Waals surface area contributed by atoms with Gasteiger partial charge in [-0.2, -0.15) is 0 Å². The van der Waals surface area contributed by atoms with Crippen LogP contribution in [-0.2, 0) is 17.9 Å². The second kappa shape index (κ2) is 7.14. The van der Waals surface area contributed by atoms with E-state index in [4.69, 9.17) is 4.74 Å². The van der Waals surface area contributed by atoms with E-state index in [0.29, 0.717) is 6.10 Å². The minimum Gasteiger partial charge on any atom is -0.373 e. The molecule has 0 radical (unpaired) electrons. The van der Waals surface area contributed by atoms with Crippen LogP contribution >= 0.6 is 11.3 Å². The Bertz CT molecular complexity index is 318. The molecule has 1 aliphatic rings. The summed E-state index contributed by atoms with van der Waals surface area (Å²) in [6, 6.07) is 4.43. The third-order valence-electron chi connectivity index (χ3n) is 3.21. The van der Waals surface area contributed by atoms with E-state index in [-0.39, 0.29) is 0 Å². The Labute approximate surface area is 108 Å². The van der Waals surface area contributed by atoms with Gasteiger partial charge in [0.2, 0.25) is 0 Å². The molecule has 0 bridgehead atoms. The van der Waals surface area contributed by atoms with Gasteiger partial charge in [0.1, 0.15) is 0 Å². The van der Waals surface area contributed by atoms with Crippen LogP contribution in [0.2, 0.25) is 0 Å². The highest BCUT2D eigenvalue weighted by atomic mass is 32.1. The molecule has 2 nitrogen and oxygen atoms in total. The van der Waals surface area contributed by atoms with Gasteiger partial charge in [0.15, 0.2) is 0 Å². The van der Waals surface area contributed by atoms with Gasteiger partial charge in [-0.1, -0.05) is 19.8 Å². The molecule has 1 aliphatic carbocycles. The summed E-state index contributed by atoms with van der Waals surface area (Å²) in [4.78, 5) is 2.79. The van der Waals surface area contributed by atoms with Gasteiger partial charge in [0.25, 0.3) is 0 Å². The summed E-state index contributed by atoms with van der Waals surface area (Å²) in [5, 5.41) is 3.43. The number of rotatable bonds is 7. The largest absolute Gasteiger partial charge is 0.373 e. The minimum absolute atomic E-state index is 0.527. The van der Waals surface area contributed by atoms with Crippen LogP contribution in [-0.4, -0.2) is 12.6 Å². The summed E-state index contributed by atoms with van der Waals surface area (Å²) >= 11 is 1.88. The van der Waals surface area contributed by atoms with Crippen molar-refractivity contribution in [2.45, 2.75) is 58.3 Å². The first kappa shape index (κ1) is 13.1. The van der Waals surface area contributed by atoms with Crippen molar-refractivity contribution in [3.63, 3.8) is 0 Å². The summed E-state index contributed by atoms with van der Waals surface area (Å²) in [6.07, 6.45) is 6.94. The highest BCUT2D eigenvalue weighted by Gasteiger charge is 2.15. The van der Waals surface area contributed by atoms with Crippen LogP contribution in [0.25, 0.3) is 0 Å². The Balaban J connectivity index is 1.69. The molecule has 1 aromatic rings. The van der Waals surface area contributed by atoms with Crippen LogP contribution in [0.4, 0.5) is 0 Å². The second-order valence-corrected chi connectivity index (χ2v) is 6.02. The molecule has 2 rings (SSSR count). The van der Waals surface area contributed by atoms with Crippen molar-refractivity contribution in [2.75, 3.05) is 6.54 Å². The molecule has 3 heteroatoms. The summed E-state index contributed by atoms with van der Waals surface area (Å²) in [5.74, 6) is 0. The molecule has 1 saturated carbocycles. The normalized spacial score (nSPS) is 16.8. The quantitative estimate of drug-likeness (QED) is 0.748. The van der Waals surface area contributed by atoms with E-state index >= 15 is 0 Å². The van der Waals surface area contributed by atoms with Gasteiger partial charge >= 0.3 is 0 Å². The Morgan fingerprint density at radius 1 is 1.29 bits per heavy atom. The zero-order valence-corrected chi connectivity index (χ0v) is 11.5. The molecule has 1 heterocycles. The highest BCUT2D eigenvalue weighted by molar-refractivity contribution is 7.11. The fourth-order valence-corrected chi connectivity index (χ4v) is 3.15. The fourth-order valence-electron chi connectivity index (χ4n) is 2.24. The van der Waals surface area contributed by atoms with Crippen LogP contribution in [0.5, 0.6) is 0 Å². The minimum atomic E-state index is 0.527. The van der Waals surface area contributed by atoms with E-state index in [1.54, 1.807) is 0 Å². The van der Waals surface area contributed by atoms with Crippen molar-refractivity contribution in [3.8, 4) is 0 Å². The van der Waals surface area contributed by atoms with E-state index in [1.165, 1.54) is 41.9 Å². The zero-order chi connectivity index (χ0) is 11.9. The van der Waals surface area contributed by atoms with Gasteiger partial charge in [0.05, 0.1) is 12.7 Å². The maximum absolute atomic E-state index is 5.92. The molecule has 0 amide bonds. The number of nitrogens with one attached hydrogen (secondary N) is 1. The predicted molar refractivity (Wildman–Crippen MR) is 73.4 cm³/mol. The summed E-state index contributed by atoms with van der Waals surface area (Å²) in [7, 11) is 0. The van der Waals surface area contributed by atoms with Crippen LogP contribution in [0, 0.1) is 0 Å². The van der Waals surface area contributed by atoms with E-state index in [0.717, 1.165) is 19.7 Å². The third kappa shape index (κ3) is 4.41. The van der Waals surface area contributed by atoms with Crippen LogP contribution in [0.15, 0.2) is 12.1 Å². The van der Waals surface area contributed by atoms with Gasteiger partial charge in [-0.25, -0.2) is 0 Å². The Kier molecular flexibility index (Phi) is 5.49. The zero-order valence-electron chi connectivity index (χ0n) is 10.7. The lowest BCUT2D eigenvalue weighted by atomic mass is 10.3. The van der Waals surface area contributed by atoms with Crippen LogP contribution in [0.1, 0.15) is 48.8 Å². The smallest absolute Gasteiger partial charge is 0.0813 e. The molecule has 0 saturated heterocycles. The monoisotopic (exact) mass is 253 g/mol. The van der Waals surface area contributed by atoms with Gasteiger partial charge in [-0.05, 0) is 37.9 Å². The topological polar surface area (TPSA) is 21.3 Å². The van der Waals surface area contributed by atoms with Crippen molar-refractivity contribution in [3.05, 3.63) is 21.9 Å². The van der Waals surface area contributed by atoms with E-state index in [9.17, 15) is 0 Å². The van der Waals surface area contributed by atoms with Gasteiger partial charge in [-0.3, -0.25) is 0 Å². The molecule has 0 atom stereocenters. The fraction of sp³-hybridized carbons (Fsp3) is 0.714. The van der Waals surface area contributed by atoms with Crippen molar-refractivity contribution in [2.24, 2.45) is 0 Å². The summed E-state index contributed by atoms with van der Waals surface area (Å²) in [5.41, 5.74) is 0. The number of hydrogen-bond acceptors (Lipinski definition) is 3. The molecule has 0 unspecified atom stereocenters.